The van der Waals surface area contributed by atoms with E-state index in [9.17, 15) is 5.11 Å². The second-order valence-electron chi connectivity index (χ2n) is 6.79. The molecule has 2 atom stereocenters. The molecule has 106 valence electrons. The molecule has 2 unspecified atom stereocenters. The van der Waals surface area contributed by atoms with Crippen molar-refractivity contribution >= 4 is 0 Å². The first-order valence-electron chi connectivity index (χ1n) is 7.65. The topological polar surface area (TPSA) is 26.7 Å². The van der Waals surface area contributed by atoms with Crippen LogP contribution < -0.4 is 0 Å². The van der Waals surface area contributed by atoms with Gasteiger partial charge in [0, 0.05) is 31.7 Å². The predicted molar refractivity (Wildman–Crippen MR) is 75.7 cm³/mol. The zero-order valence-electron chi connectivity index (χ0n) is 12.2. The maximum Gasteiger partial charge on any atom is 0.0499 e. The van der Waals surface area contributed by atoms with Gasteiger partial charge in [-0.25, -0.2) is 0 Å². The summed E-state index contributed by atoms with van der Waals surface area (Å²) in [7, 11) is 2.22. The zero-order chi connectivity index (χ0) is 13.0. The van der Waals surface area contributed by atoms with E-state index in [0.29, 0.717) is 6.61 Å². The van der Waals surface area contributed by atoms with Crippen molar-refractivity contribution in [1.29, 1.82) is 0 Å². The Labute approximate surface area is 112 Å². The number of aliphatic hydroxyl groups is 1. The molecule has 1 saturated heterocycles. The number of aliphatic hydroxyl groups excluding tert-OH is 1. The SMILES string of the molecule is CC1CCCC(CO)(CN2CCCN(C)CC2)C1. The monoisotopic (exact) mass is 254 g/mol. The summed E-state index contributed by atoms with van der Waals surface area (Å²) in [6.45, 7) is 8.62. The van der Waals surface area contributed by atoms with E-state index in [1.165, 1.54) is 58.3 Å². The van der Waals surface area contributed by atoms with Crippen LogP contribution in [0, 0.1) is 11.3 Å². The number of rotatable bonds is 3. The molecule has 0 radical (unpaired) electrons. The third-order valence-corrected chi connectivity index (χ3v) is 4.89. The molecule has 0 spiro atoms. The first-order valence-corrected chi connectivity index (χ1v) is 7.65. The molecule has 0 bridgehead atoms. The Morgan fingerprint density at radius 3 is 2.72 bits per heavy atom. The Bertz CT molecular complexity index is 259. The minimum Gasteiger partial charge on any atom is -0.396 e. The van der Waals surface area contributed by atoms with Gasteiger partial charge in [0.15, 0.2) is 0 Å². The van der Waals surface area contributed by atoms with Crippen molar-refractivity contribution in [2.24, 2.45) is 11.3 Å². The van der Waals surface area contributed by atoms with Gasteiger partial charge in [-0.3, -0.25) is 0 Å². The highest BCUT2D eigenvalue weighted by Gasteiger charge is 2.36. The van der Waals surface area contributed by atoms with Crippen LogP contribution in [0.5, 0.6) is 0 Å². The fourth-order valence-electron chi connectivity index (χ4n) is 3.84. The molecule has 2 fully saturated rings. The summed E-state index contributed by atoms with van der Waals surface area (Å²) >= 11 is 0. The first-order chi connectivity index (χ1) is 8.63. The van der Waals surface area contributed by atoms with Crippen molar-refractivity contribution in [2.45, 2.75) is 39.0 Å². The fourth-order valence-corrected chi connectivity index (χ4v) is 3.84. The fraction of sp³-hybridized carbons (Fsp3) is 1.00. The highest BCUT2D eigenvalue weighted by molar-refractivity contribution is 4.88. The highest BCUT2D eigenvalue weighted by atomic mass is 16.3. The molecule has 3 heteroatoms. The van der Waals surface area contributed by atoms with E-state index in [-0.39, 0.29) is 5.41 Å². The molecule has 3 nitrogen and oxygen atoms in total. The molecule has 0 aromatic heterocycles. The smallest absolute Gasteiger partial charge is 0.0499 e. The van der Waals surface area contributed by atoms with Crippen LogP contribution in [-0.4, -0.2) is 61.3 Å². The Hall–Kier alpha value is -0.120. The molecule has 18 heavy (non-hydrogen) atoms. The van der Waals surface area contributed by atoms with E-state index >= 15 is 0 Å². The standard InChI is InChI=1S/C15H30N2O/c1-14-5-3-6-15(11-14,13-18)12-17-8-4-7-16(2)9-10-17/h14,18H,3-13H2,1-2H3. The van der Waals surface area contributed by atoms with Crippen LogP contribution in [0.15, 0.2) is 0 Å². The summed E-state index contributed by atoms with van der Waals surface area (Å²) in [6.07, 6.45) is 6.36. The molecular weight excluding hydrogens is 224 g/mol. The third-order valence-electron chi connectivity index (χ3n) is 4.89. The van der Waals surface area contributed by atoms with Gasteiger partial charge in [0.2, 0.25) is 0 Å². The van der Waals surface area contributed by atoms with Crippen molar-refractivity contribution in [3.8, 4) is 0 Å². The molecule has 1 saturated carbocycles. The van der Waals surface area contributed by atoms with Crippen molar-refractivity contribution in [3.05, 3.63) is 0 Å². The Morgan fingerprint density at radius 2 is 2.00 bits per heavy atom. The van der Waals surface area contributed by atoms with Crippen LogP contribution in [-0.2, 0) is 0 Å². The molecular formula is C15H30N2O. The van der Waals surface area contributed by atoms with E-state index in [1.807, 2.05) is 0 Å². The van der Waals surface area contributed by atoms with Gasteiger partial charge in [0.25, 0.3) is 0 Å². The van der Waals surface area contributed by atoms with Gasteiger partial charge in [-0.15, -0.1) is 0 Å². The number of hydrogen-bond acceptors (Lipinski definition) is 3. The normalized spacial score (nSPS) is 36.5. The largest absolute Gasteiger partial charge is 0.396 e. The summed E-state index contributed by atoms with van der Waals surface area (Å²) in [5.41, 5.74) is 0.195. The summed E-state index contributed by atoms with van der Waals surface area (Å²) in [6, 6.07) is 0. The van der Waals surface area contributed by atoms with Crippen LogP contribution in [0.2, 0.25) is 0 Å². The van der Waals surface area contributed by atoms with Crippen molar-refractivity contribution < 1.29 is 5.11 Å². The van der Waals surface area contributed by atoms with Crippen molar-refractivity contribution in [3.63, 3.8) is 0 Å². The van der Waals surface area contributed by atoms with Gasteiger partial charge in [0.1, 0.15) is 0 Å². The summed E-state index contributed by atoms with van der Waals surface area (Å²) in [5, 5.41) is 9.88. The van der Waals surface area contributed by atoms with Crippen LogP contribution >= 0.6 is 0 Å². The Morgan fingerprint density at radius 1 is 1.17 bits per heavy atom. The molecule has 0 aromatic carbocycles. The van der Waals surface area contributed by atoms with E-state index in [0.717, 1.165) is 12.5 Å². The van der Waals surface area contributed by atoms with Gasteiger partial charge in [-0.2, -0.15) is 0 Å². The lowest BCUT2D eigenvalue weighted by Gasteiger charge is -2.42. The predicted octanol–water partition coefficient (Wildman–Crippen LogP) is 1.81. The molecule has 1 heterocycles. The average Bonchev–Trinajstić information content (AvgIpc) is 2.54. The second-order valence-corrected chi connectivity index (χ2v) is 6.79. The summed E-state index contributed by atoms with van der Waals surface area (Å²) < 4.78 is 0. The van der Waals surface area contributed by atoms with Gasteiger partial charge >= 0.3 is 0 Å². The third kappa shape index (κ3) is 3.69. The molecule has 0 aromatic rings. The van der Waals surface area contributed by atoms with Gasteiger partial charge in [-0.1, -0.05) is 19.8 Å². The minimum absolute atomic E-state index is 0.195. The Balaban J connectivity index is 1.92. The van der Waals surface area contributed by atoms with Crippen LogP contribution in [0.1, 0.15) is 39.0 Å². The van der Waals surface area contributed by atoms with E-state index < -0.39 is 0 Å². The number of nitrogens with zero attached hydrogens (tertiary/aromatic N) is 2. The zero-order valence-corrected chi connectivity index (χ0v) is 12.2. The highest BCUT2D eigenvalue weighted by Crippen LogP contribution is 2.39. The average molecular weight is 254 g/mol. The second kappa shape index (κ2) is 6.36. The molecule has 0 amide bonds. The van der Waals surface area contributed by atoms with Crippen molar-refractivity contribution in [2.75, 3.05) is 46.4 Å². The minimum atomic E-state index is 0.195. The van der Waals surface area contributed by atoms with E-state index in [1.54, 1.807) is 0 Å². The maximum absolute atomic E-state index is 9.88. The summed E-state index contributed by atoms with van der Waals surface area (Å²) in [5.74, 6) is 0.792. The van der Waals surface area contributed by atoms with Crippen LogP contribution in [0.25, 0.3) is 0 Å². The lowest BCUT2D eigenvalue weighted by atomic mass is 9.70. The van der Waals surface area contributed by atoms with Gasteiger partial charge in [-0.05, 0) is 45.3 Å². The lowest BCUT2D eigenvalue weighted by molar-refractivity contribution is 0.0251. The molecule has 1 aliphatic carbocycles. The lowest BCUT2D eigenvalue weighted by Crippen LogP contribution is -2.44. The van der Waals surface area contributed by atoms with Gasteiger partial charge in [0.05, 0.1) is 0 Å². The molecule has 2 aliphatic rings. The van der Waals surface area contributed by atoms with E-state index in [2.05, 4.69) is 23.8 Å². The summed E-state index contributed by atoms with van der Waals surface area (Å²) in [4.78, 5) is 5.02. The van der Waals surface area contributed by atoms with Crippen LogP contribution in [0.3, 0.4) is 0 Å². The Kier molecular flexibility index (Phi) is 5.05. The number of hydrogen-bond donors (Lipinski definition) is 1. The van der Waals surface area contributed by atoms with Crippen molar-refractivity contribution in [1.82, 2.24) is 9.80 Å². The van der Waals surface area contributed by atoms with Crippen LogP contribution in [0.4, 0.5) is 0 Å². The molecule has 1 aliphatic heterocycles. The van der Waals surface area contributed by atoms with Gasteiger partial charge < -0.3 is 14.9 Å². The molecule has 2 rings (SSSR count). The molecule has 1 N–H and O–H groups in total. The quantitative estimate of drug-likeness (QED) is 0.832. The first kappa shape index (κ1) is 14.3. The maximum atomic E-state index is 9.88. The van der Waals surface area contributed by atoms with E-state index in [4.69, 9.17) is 0 Å². The number of likely N-dealkylation sites (N-methyl/N-ethyl adjacent to an activating group) is 1.